The first kappa shape index (κ1) is 9.55. The van der Waals surface area contributed by atoms with Gasteiger partial charge in [-0.2, -0.15) is 4.99 Å². The van der Waals surface area contributed by atoms with Gasteiger partial charge in [-0.15, -0.1) is 0 Å². The molecule has 0 saturated carbocycles. The van der Waals surface area contributed by atoms with Crippen molar-refractivity contribution in [3.05, 3.63) is 16.1 Å². The van der Waals surface area contributed by atoms with E-state index in [1.807, 2.05) is 0 Å². The topological polar surface area (TPSA) is 38.1 Å². The Morgan fingerprint density at radius 1 is 1.33 bits per heavy atom. The van der Waals surface area contributed by atoms with Crippen molar-refractivity contribution in [1.82, 2.24) is 9.97 Å². The third kappa shape index (κ3) is 1.99. The van der Waals surface area contributed by atoms with Crippen molar-refractivity contribution in [3.63, 3.8) is 0 Å². The largest absolute Gasteiger partial charge is 0.219 e. The molecule has 0 bridgehead atoms. The van der Waals surface area contributed by atoms with Crippen LogP contribution in [0.5, 0.6) is 0 Å². The molecule has 0 radical (unpaired) electrons. The molecule has 1 rings (SSSR count). The van der Waals surface area contributed by atoms with Crippen LogP contribution in [-0.4, -0.2) is 15.1 Å². The van der Waals surface area contributed by atoms with Gasteiger partial charge >= 0.3 is 0 Å². The van der Waals surface area contributed by atoms with Crippen LogP contribution in [0.4, 0.5) is 5.69 Å². The zero-order valence-electron chi connectivity index (χ0n) is 6.01. The maximum Gasteiger partial charge on any atom is 0.160 e. The summed E-state index contributed by atoms with van der Waals surface area (Å²) in [7, 11) is 0. The van der Waals surface area contributed by atoms with Gasteiger partial charge in [-0.05, 0) is 19.1 Å². The van der Waals surface area contributed by atoms with Gasteiger partial charge in [0.05, 0.1) is 5.16 Å². The Morgan fingerprint density at radius 3 is 2.25 bits per heavy atom. The van der Waals surface area contributed by atoms with E-state index in [0.717, 1.165) is 0 Å². The molecule has 12 heavy (non-hydrogen) atoms. The first-order valence-corrected chi connectivity index (χ1v) is 4.09. The molecule has 3 nitrogen and oxygen atoms in total. The molecule has 0 aliphatic rings. The van der Waals surface area contributed by atoms with Crippen LogP contribution < -0.4 is 0 Å². The molecule has 0 saturated heterocycles. The number of hydrogen-bond donors (Lipinski definition) is 0. The second-order valence-electron chi connectivity index (χ2n) is 1.90. The summed E-state index contributed by atoms with van der Waals surface area (Å²) in [5.41, 5.74) is 0.263. The molecule has 0 fully saturated rings. The van der Waals surface area contributed by atoms with E-state index in [1.165, 1.54) is 0 Å². The summed E-state index contributed by atoms with van der Waals surface area (Å²) < 4.78 is 0. The molecule has 0 amide bonds. The van der Waals surface area contributed by atoms with Gasteiger partial charge in [-0.3, -0.25) is 0 Å². The van der Waals surface area contributed by atoms with Crippen molar-refractivity contribution in [2.24, 2.45) is 4.99 Å². The van der Waals surface area contributed by atoms with Crippen molar-refractivity contribution < 1.29 is 0 Å². The minimum absolute atomic E-state index is 0.185. The van der Waals surface area contributed by atoms with Gasteiger partial charge in [0.2, 0.25) is 0 Å². The summed E-state index contributed by atoms with van der Waals surface area (Å²) in [6.45, 7) is 1.68. The maximum atomic E-state index is 5.70. The van der Waals surface area contributed by atoms with Gasteiger partial charge in [0.15, 0.2) is 10.3 Å². The smallest absolute Gasteiger partial charge is 0.160 e. The standard InChI is InChI=1S/C6H3Cl2N3S/c1-3-10-5(7)4(9-2-12)6(8)11-3/h1H3. The quantitative estimate of drug-likeness (QED) is 0.415. The van der Waals surface area contributed by atoms with Crippen LogP contribution >= 0.6 is 35.4 Å². The summed E-state index contributed by atoms with van der Waals surface area (Å²) in [5, 5.41) is 2.51. The Kier molecular flexibility index (Phi) is 3.12. The lowest BCUT2D eigenvalue weighted by molar-refractivity contribution is 1.05. The minimum atomic E-state index is 0.185. The third-order valence-electron chi connectivity index (χ3n) is 1.07. The van der Waals surface area contributed by atoms with E-state index in [9.17, 15) is 0 Å². The Balaban J connectivity index is 3.37. The number of thiocarbonyl (C=S) groups is 1. The van der Waals surface area contributed by atoms with Crippen LogP contribution in [-0.2, 0) is 0 Å². The first-order chi connectivity index (χ1) is 5.65. The SMILES string of the molecule is Cc1nc(Cl)c(N=C=S)c(Cl)n1. The van der Waals surface area contributed by atoms with Gasteiger partial charge in [-0.1, -0.05) is 23.2 Å². The van der Waals surface area contributed by atoms with E-state index < -0.39 is 0 Å². The van der Waals surface area contributed by atoms with Crippen LogP contribution in [0, 0.1) is 6.92 Å². The van der Waals surface area contributed by atoms with Gasteiger partial charge < -0.3 is 0 Å². The van der Waals surface area contributed by atoms with Crippen LogP contribution in [0.2, 0.25) is 10.3 Å². The molecule has 0 aromatic carbocycles. The number of nitrogens with zero attached hydrogens (tertiary/aromatic N) is 3. The summed E-state index contributed by atoms with van der Waals surface area (Å²) in [4.78, 5) is 11.3. The molecule has 0 aliphatic carbocycles. The van der Waals surface area contributed by atoms with Crippen LogP contribution in [0.3, 0.4) is 0 Å². The second-order valence-corrected chi connectivity index (χ2v) is 2.80. The summed E-state index contributed by atoms with van der Waals surface area (Å²) in [5.74, 6) is 0.494. The zero-order valence-corrected chi connectivity index (χ0v) is 8.33. The number of aryl methyl sites for hydroxylation is 1. The first-order valence-electron chi connectivity index (χ1n) is 2.92. The fraction of sp³-hybridized carbons (Fsp3) is 0.167. The Labute approximate surface area is 84.5 Å². The predicted molar refractivity (Wildman–Crippen MR) is 51.5 cm³/mol. The number of isothiocyanates is 1. The molecule has 1 heterocycles. The number of halogens is 2. The molecule has 0 N–H and O–H groups in total. The second kappa shape index (κ2) is 3.92. The zero-order chi connectivity index (χ0) is 9.14. The number of aromatic nitrogens is 2. The Hall–Kier alpha value is -0.540. The predicted octanol–water partition coefficient (Wildman–Crippen LogP) is 2.83. The van der Waals surface area contributed by atoms with E-state index in [0.29, 0.717) is 5.82 Å². The van der Waals surface area contributed by atoms with Crippen LogP contribution in [0.15, 0.2) is 4.99 Å². The van der Waals surface area contributed by atoms with E-state index in [2.05, 4.69) is 32.3 Å². The van der Waals surface area contributed by atoms with Crippen molar-refractivity contribution >= 4 is 46.3 Å². The van der Waals surface area contributed by atoms with E-state index in [-0.39, 0.29) is 16.0 Å². The average molecular weight is 220 g/mol. The maximum absolute atomic E-state index is 5.70. The van der Waals surface area contributed by atoms with Crippen LogP contribution in [0.25, 0.3) is 0 Å². The fourth-order valence-corrected chi connectivity index (χ4v) is 1.29. The number of aliphatic imine (C=N–C) groups is 1. The highest BCUT2D eigenvalue weighted by atomic mass is 35.5. The molecule has 1 aromatic heterocycles. The Morgan fingerprint density at radius 2 is 1.83 bits per heavy atom. The molecular formula is C6H3Cl2N3S. The van der Waals surface area contributed by atoms with Gasteiger partial charge in [0.25, 0.3) is 0 Å². The molecule has 62 valence electrons. The molecule has 6 heteroatoms. The average Bonchev–Trinajstić information content (AvgIpc) is 1.96. The highest BCUT2D eigenvalue weighted by molar-refractivity contribution is 7.78. The monoisotopic (exact) mass is 219 g/mol. The number of rotatable bonds is 1. The van der Waals surface area contributed by atoms with Gasteiger partial charge in [-0.25, -0.2) is 9.97 Å². The lowest BCUT2D eigenvalue weighted by Crippen LogP contribution is -1.88. The summed E-state index contributed by atoms with van der Waals surface area (Å²) >= 11 is 15.8. The van der Waals surface area contributed by atoms with Crippen molar-refractivity contribution in [3.8, 4) is 0 Å². The molecule has 0 unspecified atom stereocenters. The van der Waals surface area contributed by atoms with Gasteiger partial charge in [0.1, 0.15) is 11.5 Å². The minimum Gasteiger partial charge on any atom is -0.219 e. The molecule has 0 atom stereocenters. The molecule has 0 aliphatic heterocycles. The highest BCUT2D eigenvalue weighted by Gasteiger charge is 2.07. The van der Waals surface area contributed by atoms with E-state index in [1.54, 1.807) is 6.92 Å². The van der Waals surface area contributed by atoms with E-state index >= 15 is 0 Å². The van der Waals surface area contributed by atoms with Crippen molar-refractivity contribution in [2.75, 3.05) is 0 Å². The summed E-state index contributed by atoms with van der Waals surface area (Å²) in [6.07, 6.45) is 0. The van der Waals surface area contributed by atoms with Crippen molar-refractivity contribution in [2.45, 2.75) is 6.92 Å². The van der Waals surface area contributed by atoms with Crippen LogP contribution in [0.1, 0.15) is 5.82 Å². The fourth-order valence-electron chi connectivity index (χ4n) is 0.638. The number of hydrogen-bond acceptors (Lipinski definition) is 4. The molecule has 0 spiro atoms. The Bertz CT molecular complexity index is 337. The lowest BCUT2D eigenvalue weighted by atomic mass is 10.5. The third-order valence-corrected chi connectivity index (χ3v) is 1.69. The molecular weight excluding hydrogens is 217 g/mol. The normalized spacial score (nSPS) is 9.25. The molecule has 1 aromatic rings. The lowest BCUT2D eigenvalue weighted by Gasteiger charge is -1.98. The van der Waals surface area contributed by atoms with Gasteiger partial charge in [0, 0.05) is 0 Å². The van der Waals surface area contributed by atoms with E-state index in [4.69, 9.17) is 23.2 Å². The van der Waals surface area contributed by atoms with Crippen molar-refractivity contribution in [1.29, 1.82) is 0 Å². The highest BCUT2D eigenvalue weighted by Crippen LogP contribution is 2.29. The summed E-state index contributed by atoms with van der Waals surface area (Å²) in [6, 6.07) is 0.